The number of hydrogen-bond donors (Lipinski definition) is 2. The van der Waals surface area contributed by atoms with E-state index in [1.807, 2.05) is 12.1 Å². The summed E-state index contributed by atoms with van der Waals surface area (Å²) in [4.78, 5) is 27.3. The maximum atomic E-state index is 13.0. The van der Waals surface area contributed by atoms with Crippen LogP contribution in [0.1, 0.15) is 28.8 Å². The zero-order valence-corrected chi connectivity index (χ0v) is 15.9. The van der Waals surface area contributed by atoms with Gasteiger partial charge < -0.3 is 10.0 Å². The Morgan fingerprint density at radius 2 is 2.00 bits per heavy atom. The van der Waals surface area contributed by atoms with Crippen LogP contribution in [0.25, 0.3) is 10.9 Å². The Kier molecular flexibility index (Phi) is 5.15. The zero-order valence-electron chi connectivity index (χ0n) is 15.1. The SMILES string of the molecule is O=C(CCc1ccc(Cl)cc1)[C@@H]1C[C@@H](O)CN1C(=O)c1ccc2[nH]ncc2c1. The number of nitrogens with zero attached hydrogens (tertiary/aromatic N) is 2. The number of likely N-dealkylation sites (tertiary alicyclic amines) is 1. The molecule has 0 bridgehead atoms. The molecule has 2 atom stereocenters. The lowest BCUT2D eigenvalue weighted by atomic mass is 10.0. The third-order valence-corrected chi connectivity index (χ3v) is 5.42. The zero-order chi connectivity index (χ0) is 19.7. The number of halogens is 1. The molecule has 0 unspecified atom stereocenters. The maximum absolute atomic E-state index is 13.0. The number of carbonyl (C=O) groups excluding carboxylic acids is 2. The molecule has 0 saturated carbocycles. The number of rotatable bonds is 5. The van der Waals surface area contributed by atoms with Gasteiger partial charge in [-0.1, -0.05) is 23.7 Å². The molecule has 4 rings (SSSR count). The molecule has 28 heavy (non-hydrogen) atoms. The summed E-state index contributed by atoms with van der Waals surface area (Å²) in [6.45, 7) is 0.166. The Morgan fingerprint density at radius 3 is 2.79 bits per heavy atom. The fourth-order valence-electron chi connectivity index (χ4n) is 3.67. The Bertz CT molecular complexity index is 1020. The van der Waals surface area contributed by atoms with Crippen molar-refractivity contribution in [1.82, 2.24) is 15.1 Å². The molecule has 2 heterocycles. The van der Waals surface area contributed by atoms with Crippen LogP contribution >= 0.6 is 11.6 Å². The number of Topliss-reactive ketones (excluding diaryl/α,β-unsaturated/α-hetero) is 1. The lowest BCUT2D eigenvalue weighted by Crippen LogP contribution is -2.40. The van der Waals surface area contributed by atoms with Crippen molar-refractivity contribution in [2.45, 2.75) is 31.4 Å². The van der Waals surface area contributed by atoms with Crippen LogP contribution in [0.15, 0.2) is 48.7 Å². The summed E-state index contributed by atoms with van der Waals surface area (Å²) < 4.78 is 0. The molecule has 2 N–H and O–H groups in total. The number of fused-ring (bicyclic) bond motifs is 1. The van der Waals surface area contributed by atoms with E-state index in [0.29, 0.717) is 23.4 Å². The molecule has 7 heteroatoms. The van der Waals surface area contributed by atoms with E-state index in [-0.39, 0.29) is 24.7 Å². The molecule has 6 nitrogen and oxygen atoms in total. The lowest BCUT2D eigenvalue weighted by molar-refractivity contribution is -0.122. The maximum Gasteiger partial charge on any atom is 0.254 e. The number of β-amino-alcohol motifs (C(OH)–C–C–N with tert-alkyl or cyclic N) is 1. The minimum absolute atomic E-state index is 0.0377. The van der Waals surface area contributed by atoms with Gasteiger partial charge in [-0.15, -0.1) is 0 Å². The number of carbonyl (C=O) groups is 2. The first-order valence-corrected chi connectivity index (χ1v) is 9.58. The fraction of sp³-hybridized carbons (Fsp3) is 0.286. The second-order valence-electron chi connectivity index (χ2n) is 7.13. The van der Waals surface area contributed by atoms with Crippen molar-refractivity contribution >= 4 is 34.2 Å². The monoisotopic (exact) mass is 397 g/mol. The first-order chi connectivity index (χ1) is 13.5. The second-order valence-corrected chi connectivity index (χ2v) is 7.56. The van der Waals surface area contributed by atoms with Gasteiger partial charge in [0.05, 0.1) is 23.9 Å². The molecule has 3 aromatic rings. The minimum Gasteiger partial charge on any atom is -0.391 e. The van der Waals surface area contributed by atoms with Crippen LogP contribution in [0.4, 0.5) is 0 Å². The molecule has 1 fully saturated rings. The van der Waals surface area contributed by atoms with Gasteiger partial charge >= 0.3 is 0 Å². The molecular weight excluding hydrogens is 378 g/mol. The molecule has 1 amide bonds. The number of aromatic amines is 1. The van der Waals surface area contributed by atoms with Crippen molar-refractivity contribution in [3.05, 3.63) is 64.8 Å². The number of hydrogen-bond acceptors (Lipinski definition) is 4. The van der Waals surface area contributed by atoms with Crippen molar-refractivity contribution in [2.75, 3.05) is 6.54 Å². The Balaban J connectivity index is 1.48. The molecule has 0 spiro atoms. The van der Waals surface area contributed by atoms with Crippen LogP contribution in [-0.4, -0.2) is 50.6 Å². The molecule has 0 radical (unpaired) electrons. The van der Waals surface area contributed by atoms with Gasteiger partial charge in [0.2, 0.25) is 0 Å². The molecule has 1 saturated heterocycles. The predicted molar refractivity (Wildman–Crippen MR) is 106 cm³/mol. The standard InChI is InChI=1S/C21H20ClN3O3/c22-16-5-1-13(2-6-16)3-8-20(27)19-10-17(26)12-25(19)21(28)14-4-7-18-15(9-14)11-23-24-18/h1-2,4-7,9,11,17,19,26H,3,8,10,12H2,(H,23,24)/t17-,19+/m1/s1. The van der Waals surface area contributed by atoms with Crippen molar-refractivity contribution in [3.8, 4) is 0 Å². The van der Waals surface area contributed by atoms with Crippen LogP contribution in [0.5, 0.6) is 0 Å². The topological polar surface area (TPSA) is 86.3 Å². The summed E-state index contributed by atoms with van der Waals surface area (Å²) in [5, 5.41) is 18.4. The van der Waals surface area contributed by atoms with E-state index in [2.05, 4.69) is 10.2 Å². The van der Waals surface area contributed by atoms with E-state index >= 15 is 0 Å². The van der Waals surface area contributed by atoms with Crippen molar-refractivity contribution in [1.29, 1.82) is 0 Å². The van der Waals surface area contributed by atoms with Gasteiger partial charge in [0.15, 0.2) is 5.78 Å². The number of nitrogens with one attached hydrogen (secondary N) is 1. The molecular formula is C21H20ClN3O3. The fourth-order valence-corrected chi connectivity index (χ4v) is 3.80. The quantitative estimate of drug-likeness (QED) is 0.693. The molecule has 144 valence electrons. The summed E-state index contributed by atoms with van der Waals surface area (Å²) >= 11 is 5.89. The second kappa shape index (κ2) is 7.73. The van der Waals surface area contributed by atoms with Crippen LogP contribution < -0.4 is 0 Å². The van der Waals surface area contributed by atoms with Crippen molar-refractivity contribution < 1.29 is 14.7 Å². The third kappa shape index (κ3) is 3.79. The average molecular weight is 398 g/mol. The first kappa shape index (κ1) is 18.7. The Morgan fingerprint density at radius 1 is 1.21 bits per heavy atom. The van der Waals surface area contributed by atoms with Gasteiger partial charge in [0, 0.05) is 35.4 Å². The van der Waals surface area contributed by atoms with E-state index < -0.39 is 12.1 Å². The first-order valence-electron chi connectivity index (χ1n) is 9.20. The van der Waals surface area contributed by atoms with Crippen molar-refractivity contribution in [2.24, 2.45) is 0 Å². The number of H-pyrrole nitrogens is 1. The summed E-state index contributed by atoms with van der Waals surface area (Å²) in [6, 6.07) is 12.0. The van der Waals surface area contributed by atoms with E-state index in [4.69, 9.17) is 11.6 Å². The normalized spacial score (nSPS) is 19.3. The molecule has 0 aliphatic carbocycles. The van der Waals surface area contributed by atoms with Gasteiger partial charge in [-0.25, -0.2) is 0 Å². The van der Waals surface area contributed by atoms with E-state index in [1.54, 1.807) is 36.5 Å². The number of aliphatic hydroxyl groups is 1. The van der Waals surface area contributed by atoms with Gasteiger partial charge in [-0.2, -0.15) is 5.10 Å². The van der Waals surface area contributed by atoms with Crippen LogP contribution in [-0.2, 0) is 11.2 Å². The van der Waals surface area contributed by atoms with Crippen molar-refractivity contribution in [3.63, 3.8) is 0 Å². The Hall–Kier alpha value is -2.70. The highest BCUT2D eigenvalue weighted by molar-refractivity contribution is 6.30. The smallest absolute Gasteiger partial charge is 0.254 e. The highest BCUT2D eigenvalue weighted by atomic mass is 35.5. The Labute approximate surface area is 167 Å². The number of amides is 1. The molecule has 1 aliphatic heterocycles. The van der Waals surface area contributed by atoms with Crippen LogP contribution in [0.3, 0.4) is 0 Å². The third-order valence-electron chi connectivity index (χ3n) is 5.17. The lowest BCUT2D eigenvalue weighted by Gasteiger charge is -2.23. The van der Waals surface area contributed by atoms with Gasteiger partial charge in [0.1, 0.15) is 0 Å². The van der Waals surface area contributed by atoms with Gasteiger partial charge in [-0.3, -0.25) is 14.7 Å². The summed E-state index contributed by atoms with van der Waals surface area (Å²) in [5.74, 6) is -0.284. The highest BCUT2D eigenvalue weighted by Gasteiger charge is 2.38. The molecule has 1 aromatic heterocycles. The van der Waals surface area contributed by atoms with Crippen LogP contribution in [0.2, 0.25) is 5.02 Å². The summed E-state index contributed by atoms with van der Waals surface area (Å²) in [5.41, 5.74) is 2.34. The van der Waals surface area contributed by atoms with Gasteiger partial charge in [0.25, 0.3) is 5.91 Å². The van der Waals surface area contributed by atoms with E-state index in [1.165, 1.54) is 4.90 Å². The number of ketones is 1. The number of benzene rings is 2. The van der Waals surface area contributed by atoms with E-state index in [9.17, 15) is 14.7 Å². The molecule has 2 aromatic carbocycles. The minimum atomic E-state index is -0.689. The highest BCUT2D eigenvalue weighted by Crippen LogP contribution is 2.24. The van der Waals surface area contributed by atoms with Crippen LogP contribution in [0, 0.1) is 0 Å². The number of aryl methyl sites for hydroxylation is 1. The predicted octanol–water partition coefficient (Wildman–Crippen LogP) is 2.99. The summed E-state index contributed by atoms with van der Waals surface area (Å²) in [7, 11) is 0. The molecule has 1 aliphatic rings. The average Bonchev–Trinajstić information content (AvgIpc) is 3.32. The summed E-state index contributed by atoms with van der Waals surface area (Å²) in [6.07, 6.45) is 2.12. The van der Waals surface area contributed by atoms with Gasteiger partial charge in [-0.05, 0) is 42.3 Å². The van der Waals surface area contributed by atoms with E-state index in [0.717, 1.165) is 16.5 Å². The largest absolute Gasteiger partial charge is 0.391 e. The number of aliphatic hydroxyl groups excluding tert-OH is 1. The number of aromatic nitrogens is 2.